The first-order valence-electron chi connectivity index (χ1n) is 9.37. The summed E-state index contributed by atoms with van der Waals surface area (Å²) in [6, 6.07) is 9.49. The van der Waals surface area contributed by atoms with Crippen molar-refractivity contribution in [2.75, 3.05) is 17.7 Å². The van der Waals surface area contributed by atoms with E-state index < -0.39 is 0 Å². The van der Waals surface area contributed by atoms with Crippen molar-refractivity contribution in [3.63, 3.8) is 0 Å². The van der Waals surface area contributed by atoms with E-state index >= 15 is 0 Å². The average Bonchev–Trinajstić information content (AvgIpc) is 3.01. The third-order valence-corrected chi connectivity index (χ3v) is 6.84. The van der Waals surface area contributed by atoms with Gasteiger partial charge in [-0.15, -0.1) is 11.3 Å². The number of thiophene rings is 1. The van der Waals surface area contributed by atoms with Gasteiger partial charge >= 0.3 is 0 Å². The minimum absolute atomic E-state index is 0.0428. The van der Waals surface area contributed by atoms with Gasteiger partial charge in [-0.05, 0) is 37.0 Å². The summed E-state index contributed by atoms with van der Waals surface area (Å²) >= 11 is 2.82. The van der Waals surface area contributed by atoms with Crippen LogP contribution in [0.5, 0.6) is 0 Å². The van der Waals surface area contributed by atoms with E-state index in [4.69, 9.17) is 0 Å². The molecule has 0 fully saturated rings. The fourth-order valence-corrected chi connectivity index (χ4v) is 4.87. The SMILES string of the molecule is CCC(C)Cc1c(C)sc2nc(SCC(=O)N(C)c3ccccc3)[nH]c(=O)c12. The van der Waals surface area contributed by atoms with Crippen LogP contribution in [0.25, 0.3) is 10.2 Å². The number of nitrogens with one attached hydrogen (secondary N) is 1. The number of anilines is 1. The first-order chi connectivity index (χ1) is 13.4. The van der Waals surface area contributed by atoms with Crippen LogP contribution in [-0.2, 0) is 11.2 Å². The lowest BCUT2D eigenvalue weighted by Gasteiger charge is -2.16. The lowest BCUT2D eigenvalue weighted by Crippen LogP contribution is -2.28. The number of amides is 1. The summed E-state index contributed by atoms with van der Waals surface area (Å²) in [5.74, 6) is 0.694. The number of benzene rings is 1. The highest BCUT2D eigenvalue weighted by Crippen LogP contribution is 2.30. The van der Waals surface area contributed by atoms with Crippen molar-refractivity contribution < 1.29 is 4.79 Å². The van der Waals surface area contributed by atoms with Crippen LogP contribution in [0.3, 0.4) is 0 Å². The Labute approximate surface area is 173 Å². The van der Waals surface area contributed by atoms with Gasteiger partial charge in [0.15, 0.2) is 5.16 Å². The number of thioether (sulfide) groups is 1. The van der Waals surface area contributed by atoms with Crippen LogP contribution in [0.2, 0.25) is 0 Å². The highest BCUT2D eigenvalue weighted by molar-refractivity contribution is 7.99. The summed E-state index contributed by atoms with van der Waals surface area (Å²) in [4.78, 5) is 36.2. The van der Waals surface area contributed by atoms with Crippen molar-refractivity contribution >= 4 is 44.9 Å². The number of hydrogen-bond acceptors (Lipinski definition) is 5. The van der Waals surface area contributed by atoms with E-state index in [2.05, 4.69) is 30.7 Å². The number of H-pyrrole nitrogens is 1. The molecule has 3 aromatic rings. The monoisotopic (exact) mass is 415 g/mol. The van der Waals surface area contributed by atoms with Gasteiger partial charge in [-0.25, -0.2) is 4.98 Å². The van der Waals surface area contributed by atoms with Crippen LogP contribution in [0.15, 0.2) is 40.3 Å². The third-order valence-electron chi connectivity index (χ3n) is 4.94. The Hall–Kier alpha value is -2.12. The lowest BCUT2D eigenvalue weighted by atomic mass is 9.98. The van der Waals surface area contributed by atoms with E-state index in [1.165, 1.54) is 11.8 Å². The average molecular weight is 416 g/mol. The molecule has 0 spiro atoms. The van der Waals surface area contributed by atoms with E-state index in [-0.39, 0.29) is 17.2 Å². The van der Waals surface area contributed by atoms with Crippen LogP contribution < -0.4 is 10.5 Å². The van der Waals surface area contributed by atoms with Crippen molar-refractivity contribution in [3.05, 3.63) is 51.1 Å². The van der Waals surface area contributed by atoms with Crippen LogP contribution >= 0.6 is 23.1 Å². The van der Waals surface area contributed by atoms with Crippen molar-refractivity contribution in [3.8, 4) is 0 Å². The Kier molecular flexibility index (Phi) is 6.57. The molecule has 1 unspecified atom stereocenters. The molecule has 1 amide bonds. The maximum atomic E-state index is 12.7. The maximum absolute atomic E-state index is 12.7. The van der Waals surface area contributed by atoms with E-state index in [0.717, 1.165) is 33.8 Å². The summed E-state index contributed by atoms with van der Waals surface area (Å²) < 4.78 is 0. The molecule has 0 bridgehead atoms. The van der Waals surface area contributed by atoms with Crippen LogP contribution in [0.4, 0.5) is 5.69 Å². The van der Waals surface area contributed by atoms with Gasteiger partial charge in [0, 0.05) is 17.6 Å². The molecule has 28 heavy (non-hydrogen) atoms. The number of aromatic nitrogens is 2. The molecule has 7 heteroatoms. The second-order valence-corrected chi connectivity index (χ2v) is 9.15. The van der Waals surface area contributed by atoms with Gasteiger partial charge in [0.2, 0.25) is 5.91 Å². The quantitative estimate of drug-likeness (QED) is 0.451. The zero-order valence-corrected chi connectivity index (χ0v) is 18.2. The Bertz CT molecular complexity index is 1030. The molecule has 1 N–H and O–H groups in total. The zero-order valence-electron chi connectivity index (χ0n) is 16.6. The molecular formula is C21H25N3O2S2. The summed E-state index contributed by atoms with van der Waals surface area (Å²) in [6.45, 7) is 6.41. The van der Waals surface area contributed by atoms with Crippen LogP contribution in [0.1, 0.15) is 30.7 Å². The minimum Gasteiger partial charge on any atom is -0.315 e. The van der Waals surface area contributed by atoms with Crippen molar-refractivity contribution in [2.45, 2.75) is 38.8 Å². The van der Waals surface area contributed by atoms with Gasteiger partial charge in [0.05, 0.1) is 11.1 Å². The zero-order chi connectivity index (χ0) is 20.3. The van der Waals surface area contributed by atoms with Gasteiger partial charge in [-0.1, -0.05) is 50.2 Å². The van der Waals surface area contributed by atoms with Crippen molar-refractivity contribution in [1.29, 1.82) is 0 Å². The molecule has 2 aromatic heterocycles. The maximum Gasteiger partial charge on any atom is 0.260 e. The number of carbonyl (C=O) groups is 1. The lowest BCUT2D eigenvalue weighted by molar-refractivity contribution is -0.115. The molecule has 0 aliphatic carbocycles. The first kappa shape index (κ1) is 20.6. The van der Waals surface area contributed by atoms with E-state index in [1.807, 2.05) is 30.3 Å². The molecule has 2 heterocycles. The third kappa shape index (κ3) is 4.47. The number of nitrogens with zero attached hydrogens (tertiary/aromatic N) is 2. The fourth-order valence-electron chi connectivity index (χ4n) is 2.98. The minimum atomic E-state index is -0.112. The number of fused-ring (bicyclic) bond motifs is 1. The Morgan fingerprint density at radius 1 is 1.32 bits per heavy atom. The highest BCUT2D eigenvalue weighted by Gasteiger charge is 2.18. The van der Waals surface area contributed by atoms with Gasteiger partial charge < -0.3 is 9.88 Å². The Balaban J connectivity index is 1.78. The van der Waals surface area contributed by atoms with E-state index in [9.17, 15) is 9.59 Å². The van der Waals surface area contributed by atoms with Gasteiger partial charge in [0.1, 0.15) is 4.83 Å². The molecule has 0 radical (unpaired) electrons. The highest BCUT2D eigenvalue weighted by atomic mass is 32.2. The number of carbonyl (C=O) groups excluding carboxylic acids is 1. The molecule has 0 saturated heterocycles. The second kappa shape index (κ2) is 8.92. The Morgan fingerprint density at radius 2 is 2.04 bits per heavy atom. The number of rotatable bonds is 7. The molecule has 0 saturated carbocycles. The van der Waals surface area contributed by atoms with Gasteiger partial charge in [-0.2, -0.15) is 0 Å². The smallest absolute Gasteiger partial charge is 0.260 e. The van der Waals surface area contributed by atoms with Crippen molar-refractivity contribution in [2.24, 2.45) is 5.92 Å². The van der Waals surface area contributed by atoms with E-state index in [0.29, 0.717) is 16.5 Å². The molecule has 3 rings (SSSR count). The molecule has 0 aliphatic rings. The van der Waals surface area contributed by atoms with Gasteiger partial charge in [0.25, 0.3) is 5.56 Å². The molecular weight excluding hydrogens is 390 g/mol. The Morgan fingerprint density at radius 3 is 2.71 bits per heavy atom. The molecule has 1 aromatic carbocycles. The fraction of sp³-hybridized carbons (Fsp3) is 0.381. The number of aryl methyl sites for hydroxylation is 1. The largest absolute Gasteiger partial charge is 0.315 e. The number of aromatic amines is 1. The topological polar surface area (TPSA) is 66.1 Å². The molecule has 148 valence electrons. The summed E-state index contributed by atoms with van der Waals surface area (Å²) in [5.41, 5.74) is 1.84. The second-order valence-electron chi connectivity index (χ2n) is 6.98. The van der Waals surface area contributed by atoms with E-state index in [1.54, 1.807) is 23.3 Å². The standard InChI is InChI=1S/C21H25N3O2S2/c1-5-13(2)11-16-14(3)28-20-18(16)19(26)22-21(23-20)27-12-17(25)24(4)15-9-7-6-8-10-15/h6-10,13H,5,11-12H2,1-4H3,(H,22,23,26). The predicted octanol–water partition coefficient (Wildman–Crippen LogP) is 4.64. The van der Waals surface area contributed by atoms with Crippen LogP contribution in [-0.4, -0.2) is 28.7 Å². The van der Waals surface area contributed by atoms with Crippen molar-refractivity contribution in [1.82, 2.24) is 9.97 Å². The predicted molar refractivity (Wildman–Crippen MR) is 119 cm³/mol. The number of hydrogen-bond donors (Lipinski definition) is 1. The number of para-hydroxylation sites is 1. The van der Waals surface area contributed by atoms with Crippen LogP contribution in [0, 0.1) is 12.8 Å². The summed E-state index contributed by atoms with van der Waals surface area (Å²) in [7, 11) is 1.75. The van der Waals surface area contributed by atoms with Gasteiger partial charge in [-0.3, -0.25) is 9.59 Å². The summed E-state index contributed by atoms with van der Waals surface area (Å²) in [6.07, 6.45) is 1.97. The normalized spacial score (nSPS) is 12.3. The molecule has 0 aliphatic heterocycles. The summed E-state index contributed by atoms with van der Waals surface area (Å²) in [5, 5.41) is 1.20. The molecule has 1 atom stereocenters. The first-order valence-corrected chi connectivity index (χ1v) is 11.2. The molecule has 5 nitrogen and oxygen atoms in total.